The third-order valence-corrected chi connectivity index (χ3v) is 6.02. The molecular weight excluding hydrogens is 386 g/mol. The zero-order valence-electron chi connectivity index (χ0n) is 16.8. The Morgan fingerprint density at radius 2 is 1.86 bits per heavy atom. The molecule has 2 aliphatic heterocycles. The highest BCUT2D eigenvalue weighted by molar-refractivity contribution is 5.85. The number of rotatable bonds is 4. The fourth-order valence-corrected chi connectivity index (χ4v) is 4.53. The second kappa shape index (κ2) is 8.65. The van der Waals surface area contributed by atoms with Crippen molar-refractivity contribution in [2.75, 3.05) is 19.6 Å². The summed E-state index contributed by atoms with van der Waals surface area (Å²) in [6.07, 6.45) is 4.31. The van der Waals surface area contributed by atoms with Gasteiger partial charge in [-0.15, -0.1) is 22.6 Å². The fourth-order valence-electron chi connectivity index (χ4n) is 4.53. The highest BCUT2D eigenvalue weighted by Crippen LogP contribution is 2.29. The Balaban J connectivity index is 0.00000205. The molecule has 0 radical (unpaired) electrons. The van der Waals surface area contributed by atoms with Crippen molar-refractivity contribution in [3.8, 4) is 5.69 Å². The van der Waals surface area contributed by atoms with E-state index in [-0.39, 0.29) is 12.4 Å². The van der Waals surface area contributed by atoms with Crippen LogP contribution in [-0.4, -0.2) is 48.8 Å². The van der Waals surface area contributed by atoms with Crippen LogP contribution in [0.2, 0.25) is 0 Å². The Morgan fingerprint density at radius 1 is 1.07 bits per heavy atom. The second-order valence-electron chi connectivity index (χ2n) is 7.82. The van der Waals surface area contributed by atoms with E-state index in [1.165, 1.54) is 17.2 Å². The Kier molecular flexibility index (Phi) is 5.99. The van der Waals surface area contributed by atoms with E-state index in [0.29, 0.717) is 5.92 Å². The molecule has 1 fully saturated rings. The molecular formula is C21H28ClN7. The number of hydrogen-bond acceptors (Lipinski definition) is 5. The van der Waals surface area contributed by atoms with E-state index in [1.807, 2.05) is 6.20 Å². The summed E-state index contributed by atoms with van der Waals surface area (Å²) >= 11 is 0. The van der Waals surface area contributed by atoms with Crippen LogP contribution in [0.25, 0.3) is 5.69 Å². The summed E-state index contributed by atoms with van der Waals surface area (Å²) in [5.41, 5.74) is 2.44. The minimum absolute atomic E-state index is 0. The normalized spacial score (nSPS) is 17.7. The Morgan fingerprint density at radius 3 is 2.66 bits per heavy atom. The minimum atomic E-state index is 0. The van der Waals surface area contributed by atoms with Crippen LogP contribution >= 0.6 is 12.4 Å². The first-order valence-electron chi connectivity index (χ1n) is 10.2. The quantitative estimate of drug-likeness (QED) is 0.712. The number of nitrogens with one attached hydrogen (secondary N) is 1. The van der Waals surface area contributed by atoms with Crippen molar-refractivity contribution >= 4 is 12.4 Å². The predicted octanol–water partition coefficient (Wildman–Crippen LogP) is 2.68. The van der Waals surface area contributed by atoms with Crippen LogP contribution in [0, 0.1) is 6.92 Å². The molecule has 3 aromatic rings. The van der Waals surface area contributed by atoms with Crippen molar-refractivity contribution in [1.82, 2.24) is 34.5 Å². The molecule has 8 heteroatoms. The zero-order valence-corrected chi connectivity index (χ0v) is 17.6. The Hall–Kier alpha value is -2.22. The number of piperidine rings is 1. The molecule has 1 N–H and O–H groups in total. The fraction of sp³-hybridized carbons (Fsp3) is 0.476. The van der Waals surface area contributed by atoms with Gasteiger partial charge in [-0.25, -0.2) is 4.98 Å². The van der Waals surface area contributed by atoms with Gasteiger partial charge in [0.25, 0.3) is 0 Å². The highest BCUT2D eigenvalue weighted by Gasteiger charge is 2.27. The van der Waals surface area contributed by atoms with Gasteiger partial charge >= 0.3 is 0 Å². The number of para-hydroxylation sites is 1. The predicted molar refractivity (Wildman–Crippen MR) is 115 cm³/mol. The molecule has 0 unspecified atom stereocenters. The Bertz CT molecular complexity index is 941. The van der Waals surface area contributed by atoms with Crippen molar-refractivity contribution in [2.24, 2.45) is 0 Å². The van der Waals surface area contributed by atoms with Crippen molar-refractivity contribution in [3.05, 3.63) is 59.7 Å². The lowest BCUT2D eigenvalue weighted by Gasteiger charge is -2.32. The average molecular weight is 414 g/mol. The second-order valence-corrected chi connectivity index (χ2v) is 7.82. The lowest BCUT2D eigenvalue weighted by molar-refractivity contribution is 0.196. The molecule has 0 bridgehead atoms. The van der Waals surface area contributed by atoms with Crippen LogP contribution < -0.4 is 5.32 Å². The monoisotopic (exact) mass is 413 g/mol. The molecule has 5 rings (SSSR count). The maximum Gasteiger partial charge on any atom is 0.147 e. The third-order valence-electron chi connectivity index (χ3n) is 6.02. The van der Waals surface area contributed by atoms with E-state index in [1.54, 1.807) is 0 Å². The van der Waals surface area contributed by atoms with Crippen LogP contribution in [0.1, 0.15) is 41.9 Å². The smallest absolute Gasteiger partial charge is 0.147 e. The van der Waals surface area contributed by atoms with Gasteiger partial charge in [0.2, 0.25) is 0 Å². The number of fused-ring (bicyclic) bond motifs is 1. The summed E-state index contributed by atoms with van der Waals surface area (Å²) in [7, 11) is 0. The lowest BCUT2D eigenvalue weighted by Crippen LogP contribution is -2.35. The first-order chi connectivity index (χ1) is 13.8. The van der Waals surface area contributed by atoms with Crippen molar-refractivity contribution in [2.45, 2.75) is 45.3 Å². The van der Waals surface area contributed by atoms with Gasteiger partial charge in [0.1, 0.15) is 17.5 Å². The first kappa shape index (κ1) is 20.1. The van der Waals surface area contributed by atoms with Gasteiger partial charge in [-0.1, -0.05) is 18.2 Å². The SMILES string of the molecule is Cc1ncc(CN2CCC(c3nnc4n3CCNC4)CC2)n1-c1ccccc1.Cl. The number of halogens is 1. The molecule has 4 heterocycles. The number of nitrogens with zero attached hydrogens (tertiary/aromatic N) is 6. The highest BCUT2D eigenvalue weighted by atomic mass is 35.5. The van der Waals surface area contributed by atoms with Crippen LogP contribution in [-0.2, 0) is 19.6 Å². The van der Waals surface area contributed by atoms with Gasteiger partial charge in [-0.05, 0) is 45.0 Å². The van der Waals surface area contributed by atoms with Crippen molar-refractivity contribution < 1.29 is 0 Å². The maximum absolute atomic E-state index is 4.57. The first-order valence-corrected chi connectivity index (χ1v) is 10.2. The summed E-state index contributed by atoms with van der Waals surface area (Å²) < 4.78 is 4.61. The number of benzene rings is 1. The van der Waals surface area contributed by atoms with Gasteiger partial charge in [0.15, 0.2) is 0 Å². The third kappa shape index (κ3) is 3.95. The molecule has 2 aromatic heterocycles. The zero-order chi connectivity index (χ0) is 18.9. The molecule has 0 atom stereocenters. The molecule has 2 aliphatic rings. The number of aromatic nitrogens is 5. The topological polar surface area (TPSA) is 63.8 Å². The summed E-state index contributed by atoms with van der Waals surface area (Å²) in [6, 6.07) is 10.5. The van der Waals surface area contributed by atoms with E-state index in [9.17, 15) is 0 Å². The molecule has 29 heavy (non-hydrogen) atoms. The van der Waals surface area contributed by atoms with Gasteiger partial charge in [-0.2, -0.15) is 0 Å². The summed E-state index contributed by atoms with van der Waals surface area (Å²) in [4.78, 5) is 7.11. The van der Waals surface area contributed by atoms with Crippen molar-refractivity contribution in [3.63, 3.8) is 0 Å². The summed E-state index contributed by atoms with van der Waals surface area (Å²) in [5, 5.41) is 12.3. The molecule has 0 saturated carbocycles. The van der Waals surface area contributed by atoms with Gasteiger partial charge in [0, 0.05) is 31.2 Å². The molecule has 0 aliphatic carbocycles. The molecule has 0 amide bonds. The van der Waals surface area contributed by atoms with E-state index in [4.69, 9.17) is 0 Å². The lowest BCUT2D eigenvalue weighted by atomic mass is 9.95. The standard InChI is InChI=1S/C21H27N7.ClH/c1-16-23-13-19(28(16)18-5-3-2-4-6-18)15-26-10-7-17(8-11-26)21-25-24-20-14-22-9-12-27(20)21;/h2-6,13,17,22H,7-12,14-15H2,1H3;1H. The molecule has 1 saturated heterocycles. The van der Waals surface area contributed by atoms with Crippen LogP contribution in [0.15, 0.2) is 36.5 Å². The molecule has 1 aromatic carbocycles. The van der Waals surface area contributed by atoms with Crippen LogP contribution in [0.3, 0.4) is 0 Å². The maximum atomic E-state index is 4.57. The summed E-state index contributed by atoms with van der Waals surface area (Å²) in [6.45, 7) is 8.03. The van der Waals surface area contributed by atoms with E-state index < -0.39 is 0 Å². The van der Waals surface area contributed by atoms with Crippen LogP contribution in [0.4, 0.5) is 0 Å². The van der Waals surface area contributed by atoms with Crippen LogP contribution in [0.5, 0.6) is 0 Å². The largest absolute Gasteiger partial charge is 0.312 e. The van der Waals surface area contributed by atoms with Gasteiger partial charge in [0.05, 0.1) is 18.4 Å². The molecule has 0 spiro atoms. The Labute approximate surface area is 177 Å². The summed E-state index contributed by atoms with van der Waals surface area (Å²) in [5.74, 6) is 3.85. The molecule has 7 nitrogen and oxygen atoms in total. The van der Waals surface area contributed by atoms with E-state index >= 15 is 0 Å². The van der Waals surface area contributed by atoms with E-state index in [2.05, 4.69) is 71.8 Å². The van der Waals surface area contributed by atoms with Gasteiger partial charge in [-0.3, -0.25) is 9.47 Å². The average Bonchev–Trinajstić information content (AvgIpc) is 3.33. The minimum Gasteiger partial charge on any atom is -0.312 e. The number of imidazole rings is 1. The number of likely N-dealkylation sites (tertiary alicyclic amines) is 1. The number of hydrogen-bond donors (Lipinski definition) is 1. The van der Waals surface area contributed by atoms with Crippen molar-refractivity contribution in [1.29, 1.82) is 0 Å². The molecule has 154 valence electrons. The van der Waals surface area contributed by atoms with E-state index in [0.717, 1.165) is 63.8 Å². The number of aryl methyl sites for hydroxylation is 1. The van der Waals surface area contributed by atoms with Gasteiger partial charge < -0.3 is 9.88 Å².